The Balaban J connectivity index is 1.40. The largest absolute Gasteiger partial charge is 0.493 e. The second kappa shape index (κ2) is 15.9. The normalized spacial score (nSPS) is 14.2. The summed E-state index contributed by atoms with van der Waals surface area (Å²) in [5.41, 5.74) is 4.14. The third-order valence-corrected chi connectivity index (χ3v) is 7.39. The van der Waals surface area contributed by atoms with Crippen molar-refractivity contribution in [3.8, 4) is 17.2 Å². The summed E-state index contributed by atoms with van der Waals surface area (Å²) in [6.07, 6.45) is 1.23. The average Bonchev–Trinajstić information content (AvgIpc) is 3.02. The van der Waals surface area contributed by atoms with E-state index in [2.05, 4.69) is 37.1 Å². The van der Waals surface area contributed by atoms with Crippen LogP contribution in [0.15, 0.2) is 75.4 Å². The molecule has 0 aromatic heterocycles. The number of benzene rings is 3. The summed E-state index contributed by atoms with van der Waals surface area (Å²) in [7, 11) is 1.40. The molecule has 0 saturated heterocycles. The van der Waals surface area contributed by atoms with Gasteiger partial charge in [-0.05, 0) is 71.2 Å². The maximum absolute atomic E-state index is 12.6. The number of nitrogens with one attached hydrogen (secondary N) is 3. The second-order valence-corrected chi connectivity index (χ2v) is 11.1. The van der Waals surface area contributed by atoms with Gasteiger partial charge in [0.15, 0.2) is 18.1 Å². The number of carbonyl (C=O) groups excluding carboxylic acids is 3. The number of amides is 3. The van der Waals surface area contributed by atoms with Crippen molar-refractivity contribution in [2.75, 3.05) is 20.3 Å². The molecule has 0 saturated carbocycles. The smallest absolute Gasteiger partial charge is 0.338 e. The fourth-order valence-corrected chi connectivity index (χ4v) is 5.29. The average molecular weight is 731 g/mol. The van der Waals surface area contributed by atoms with Crippen molar-refractivity contribution in [2.24, 2.45) is 5.10 Å². The van der Waals surface area contributed by atoms with Crippen molar-refractivity contribution >= 4 is 57.3 Å². The van der Waals surface area contributed by atoms with Crippen molar-refractivity contribution in [1.82, 2.24) is 16.1 Å². The van der Waals surface area contributed by atoms with Gasteiger partial charge in [0.05, 0.1) is 40.9 Å². The van der Waals surface area contributed by atoms with Gasteiger partial charge >= 0.3 is 17.7 Å². The number of urea groups is 1. The minimum Gasteiger partial charge on any atom is -0.493 e. The van der Waals surface area contributed by atoms with E-state index in [0.717, 1.165) is 5.56 Å². The molecule has 0 spiro atoms. The monoisotopic (exact) mass is 729 g/mol. The lowest BCUT2D eigenvalue weighted by Gasteiger charge is -2.28. The molecule has 14 nitrogen and oxygen atoms in total. The highest BCUT2D eigenvalue weighted by atomic mass is 79.9. The van der Waals surface area contributed by atoms with Gasteiger partial charge in [-0.25, -0.2) is 15.0 Å². The minimum absolute atomic E-state index is 0.0235. The Morgan fingerprint density at radius 2 is 1.94 bits per heavy atom. The van der Waals surface area contributed by atoms with Crippen LogP contribution < -0.4 is 30.3 Å². The lowest BCUT2D eigenvalue weighted by atomic mass is 9.95. The molecule has 4 rings (SSSR count). The molecule has 3 aromatic rings. The molecule has 246 valence electrons. The quantitative estimate of drug-likeness (QED) is 0.0909. The highest BCUT2D eigenvalue weighted by Crippen LogP contribution is 2.37. The molecule has 0 fully saturated rings. The maximum atomic E-state index is 12.6. The van der Waals surface area contributed by atoms with Gasteiger partial charge < -0.3 is 29.6 Å². The second-order valence-electron chi connectivity index (χ2n) is 9.81. The van der Waals surface area contributed by atoms with E-state index in [1.165, 1.54) is 25.5 Å². The van der Waals surface area contributed by atoms with Gasteiger partial charge in [0.25, 0.3) is 5.91 Å². The third kappa shape index (κ3) is 8.98. The van der Waals surface area contributed by atoms with Crippen molar-refractivity contribution < 1.29 is 38.3 Å². The molecular formula is C31H29BrClN5O9. The van der Waals surface area contributed by atoms with Gasteiger partial charge in [-0.3, -0.25) is 14.9 Å². The Morgan fingerprint density at radius 1 is 1.15 bits per heavy atom. The summed E-state index contributed by atoms with van der Waals surface area (Å²) < 4.78 is 22.2. The van der Waals surface area contributed by atoms with Crippen LogP contribution >= 0.6 is 27.5 Å². The molecule has 1 atom stereocenters. The Hall–Kier alpha value is -5.15. The van der Waals surface area contributed by atoms with Gasteiger partial charge in [-0.15, -0.1) is 0 Å². The molecule has 0 unspecified atom stereocenters. The number of nitrogens with zero attached hydrogens (tertiary/aromatic N) is 2. The highest BCUT2D eigenvalue weighted by Gasteiger charge is 2.32. The van der Waals surface area contributed by atoms with Crippen LogP contribution in [0.1, 0.15) is 36.6 Å². The van der Waals surface area contributed by atoms with E-state index in [-0.39, 0.29) is 41.7 Å². The van der Waals surface area contributed by atoms with Crippen molar-refractivity contribution in [3.63, 3.8) is 0 Å². The molecule has 1 aliphatic rings. The summed E-state index contributed by atoms with van der Waals surface area (Å²) in [5.74, 6) is -0.741. The number of carbonyl (C=O) groups is 3. The molecule has 0 bridgehead atoms. The number of nitro benzene ring substituents is 1. The first-order chi connectivity index (χ1) is 22.5. The molecule has 3 N–H and O–H groups in total. The molecule has 0 radical (unpaired) electrons. The zero-order chi connectivity index (χ0) is 34.1. The summed E-state index contributed by atoms with van der Waals surface area (Å²) in [6.45, 7) is 3.03. The van der Waals surface area contributed by atoms with E-state index in [1.54, 1.807) is 56.3 Å². The summed E-state index contributed by atoms with van der Waals surface area (Å²) in [6, 6.07) is 13.1. The number of hydrogen-bond acceptors (Lipinski definition) is 10. The Bertz CT molecular complexity index is 1770. The highest BCUT2D eigenvalue weighted by molar-refractivity contribution is 9.10. The fourth-order valence-electron chi connectivity index (χ4n) is 4.50. The predicted octanol–water partition coefficient (Wildman–Crippen LogP) is 5.32. The summed E-state index contributed by atoms with van der Waals surface area (Å²) >= 11 is 9.31. The lowest BCUT2D eigenvalue weighted by molar-refractivity contribution is -0.386. The van der Waals surface area contributed by atoms with Crippen molar-refractivity contribution in [2.45, 2.75) is 26.5 Å². The van der Waals surface area contributed by atoms with Crippen LogP contribution in [0.2, 0.25) is 5.02 Å². The van der Waals surface area contributed by atoms with Crippen LogP contribution in [0, 0.1) is 10.1 Å². The van der Waals surface area contributed by atoms with Gasteiger partial charge in [-0.2, -0.15) is 5.10 Å². The van der Waals surface area contributed by atoms with Gasteiger partial charge in [0, 0.05) is 22.3 Å². The van der Waals surface area contributed by atoms with Crippen LogP contribution in [0.5, 0.6) is 17.2 Å². The van der Waals surface area contributed by atoms with Crippen molar-refractivity contribution in [3.05, 3.63) is 102 Å². The van der Waals surface area contributed by atoms with E-state index in [1.807, 2.05) is 0 Å². The Kier molecular flexibility index (Phi) is 11.8. The minimum atomic E-state index is -0.817. The number of ether oxygens (including phenoxy) is 4. The van der Waals surface area contributed by atoms with Crippen LogP contribution in [-0.4, -0.2) is 49.4 Å². The van der Waals surface area contributed by atoms with Crippen LogP contribution in [0.25, 0.3) is 0 Å². The lowest BCUT2D eigenvalue weighted by Crippen LogP contribution is -2.45. The van der Waals surface area contributed by atoms with Crippen molar-refractivity contribution in [1.29, 1.82) is 0 Å². The van der Waals surface area contributed by atoms with Crippen LogP contribution in [-0.2, 0) is 20.9 Å². The van der Waals surface area contributed by atoms with Crippen LogP contribution in [0.3, 0.4) is 0 Å². The number of allylic oxidation sites excluding steroid dienone is 1. The molecule has 3 amide bonds. The molecule has 16 heteroatoms. The molecule has 1 heterocycles. The van der Waals surface area contributed by atoms with E-state index < -0.39 is 35.5 Å². The van der Waals surface area contributed by atoms with E-state index in [9.17, 15) is 24.5 Å². The number of methoxy groups -OCH3 is 1. The fraction of sp³-hybridized carbons (Fsp3) is 0.226. The molecule has 47 heavy (non-hydrogen) atoms. The molecule has 0 aliphatic carbocycles. The topological polar surface area (TPSA) is 180 Å². The molecule has 1 aliphatic heterocycles. The zero-order valence-corrected chi connectivity index (χ0v) is 27.6. The summed E-state index contributed by atoms with van der Waals surface area (Å²) in [4.78, 5) is 48.4. The van der Waals surface area contributed by atoms with E-state index >= 15 is 0 Å². The Morgan fingerprint density at radius 3 is 2.64 bits per heavy atom. The summed E-state index contributed by atoms with van der Waals surface area (Å²) in [5, 5.41) is 21.4. The predicted molar refractivity (Wildman–Crippen MR) is 175 cm³/mol. The first-order valence-electron chi connectivity index (χ1n) is 13.9. The maximum Gasteiger partial charge on any atom is 0.338 e. The van der Waals surface area contributed by atoms with Gasteiger partial charge in [0.2, 0.25) is 5.75 Å². The number of nitro groups is 1. The molecule has 3 aromatic carbocycles. The standard InChI is InChI=1S/C31H29BrClN5O9/c1-4-45-30(40)27-17(2)35-31(41)36-28(27)20-8-9-24(25(13-20)44-3)46-16-26(39)37-34-14-19-11-22(32)29(23(12-19)38(42)43)47-15-18-6-5-7-21(33)10-18/h5-14,28H,4,15-16H2,1-3H3,(H,37,39)(H2,35,36,41)/b34-14+/t28-/m1/s1. The van der Waals surface area contributed by atoms with E-state index in [0.29, 0.717) is 26.3 Å². The molecular weight excluding hydrogens is 702 g/mol. The van der Waals surface area contributed by atoms with Gasteiger partial charge in [-0.1, -0.05) is 29.8 Å². The number of esters is 1. The number of hydrogen-bond donors (Lipinski definition) is 3. The number of hydrazone groups is 1. The first-order valence-corrected chi connectivity index (χ1v) is 15.1. The Labute approximate surface area is 282 Å². The first kappa shape index (κ1) is 34.7. The van der Waals surface area contributed by atoms with Crippen LogP contribution in [0.4, 0.5) is 10.5 Å². The number of rotatable bonds is 13. The number of halogens is 2. The van der Waals surface area contributed by atoms with Gasteiger partial charge in [0.1, 0.15) is 6.61 Å². The third-order valence-electron chi connectivity index (χ3n) is 6.56. The zero-order valence-electron chi connectivity index (χ0n) is 25.3. The van der Waals surface area contributed by atoms with E-state index in [4.69, 9.17) is 30.5 Å². The SMILES string of the molecule is CCOC(=O)C1=C(C)NC(=O)N[C@@H]1c1ccc(OCC(=O)N/N=C/c2cc(Br)c(OCc3cccc(Cl)c3)c([N+](=O)[O-])c2)c(OC)c1.